The Kier molecular flexibility index (Phi) is 26.3. The fourth-order valence-corrected chi connectivity index (χ4v) is 19.4. The number of rotatable bonds is 8. The number of H-pyrrole nitrogens is 5. The van der Waals surface area contributed by atoms with Crippen LogP contribution in [0.1, 0.15) is 134 Å². The molecule has 5 aliphatic heterocycles. The number of amides is 3. The summed E-state index contributed by atoms with van der Waals surface area (Å²) in [6.07, 6.45) is -1.84. The number of carbonyl (C=O) groups is 3. The number of methoxy groups -OCH3 is 1. The molecule has 0 fully saturated rings. The van der Waals surface area contributed by atoms with Gasteiger partial charge in [0, 0.05) is 156 Å². The summed E-state index contributed by atoms with van der Waals surface area (Å²) < 4.78 is 83.5. The third-order valence-electron chi connectivity index (χ3n) is 23.8. The van der Waals surface area contributed by atoms with Gasteiger partial charge in [-0.25, -0.2) is 23.2 Å². The van der Waals surface area contributed by atoms with Crippen LogP contribution >= 0.6 is 81.2 Å². The molecule has 16 aromatic rings. The van der Waals surface area contributed by atoms with E-state index in [1.54, 1.807) is 41.3 Å². The number of para-hydroxylation sites is 1. The molecular formula is C100H84Cl7F5N10O6. The molecule has 3 amide bonds. The summed E-state index contributed by atoms with van der Waals surface area (Å²) in [5.41, 5.74) is 18.6. The number of fused-ring (bicyclic) bond motifs is 15. The van der Waals surface area contributed by atoms with Crippen molar-refractivity contribution >= 4 is 154 Å². The van der Waals surface area contributed by atoms with Gasteiger partial charge in [-0.3, -0.25) is 14.7 Å². The zero-order valence-corrected chi connectivity index (χ0v) is 74.5. The van der Waals surface area contributed by atoms with Gasteiger partial charge in [0.2, 0.25) is 0 Å². The van der Waals surface area contributed by atoms with Crippen molar-refractivity contribution < 1.29 is 50.5 Å². The standard InChI is InChI=1S/C24H19ClN2O2.C22H23ClN2O2.C20H16ClF3N2O2.C17H13Cl3N2.C17H13ClF2N2/c25-17-11-12-21-20(15-17)19-13-14-27(24(28)29-18-9-5-2-6-10-18)23(22(19)26-21)16-7-3-1-4-8-16;1-14(2)13-27-22(26)25-11-10-17-18-12-16(23)8-9-19(18)24-20(17)21(25)15-6-4-3-5-7-15;1-28-19(27)26-8-7-14-15-10-13(21)5-6-16(15)25-17(14)18(26)11-3-2-4-12(9-11)20(22,23)24;18-9-2-4-15-13(7-9)11-5-6-21-16(17(11)22-15)12-3-1-10(19)8-14(12)20;18-9-4-5-14-12(8-9)10-6-7-21-16(17(10)22-14)11-2-1-3-13(19)15(11)20/h1-12,15,23,26H,13-14H2;3-9,12,14,21,24H,10-11,13H2,1-2H3;2-6,9-10,18,25H,7-8H2,1H3;1-4,7-8,16,21-22H,5-6H2;1-5,8,16,21-22H,6-7H2. The first-order valence-corrected chi connectivity index (χ1v) is 44.4. The first kappa shape index (κ1) is 88.6. The number of hydrogen-bond acceptors (Lipinski definition) is 8. The van der Waals surface area contributed by atoms with E-state index in [-0.39, 0.29) is 36.4 Å². The van der Waals surface area contributed by atoms with Crippen molar-refractivity contribution in [3.63, 3.8) is 0 Å². The van der Waals surface area contributed by atoms with Crippen LogP contribution in [0.15, 0.2) is 243 Å². The maximum Gasteiger partial charge on any atom is 0.416 e. The zero-order valence-electron chi connectivity index (χ0n) is 69.2. The summed E-state index contributed by atoms with van der Waals surface area (Å²) in [6.45, 7) is 7.60. The molecule has 0 bridgehead atoms. The Morgan fingerprint density at radius 1 is 0.398 bits per heavy atom. The molecule has 654 valence electrons. The summed E-state index contributed by atoms with van der Waals surface area (Å²) in [6, 6.07) is 71.5. The topological polar surface area (TPSA) is 192 Å². The second kappa shape index (κ2) is 38.1. The van der Waals surface area contributed by atoms with Gasteiger partial charge in [0.05, 0.1) is 31.4 Å². The molecule has 0 spiro atoms. The molecule has 0 saturated heterocycles. The fraction of sp³-hybridized carbons (Fsp3) is 0.210. The van der Waals surface area contributed by atoms with Crippen molar-refractivity contribution in [2.45, 2.75) is 82.3 Å². The van der Waals surface area contributed by atoms with E-state index < -0.39 is 35.5 Å². The maximum absolute atomic E-state index is 14.1. The lowest BCUT2D eigenvalue weighted by atomic mass is 9.92. The number of benzene rings is 11. The largest absolute Gasteiger partial charge is 0.453 e. The molecule has 5 aliphatic rings. The van der Waals surface area contributed by atoms with Crippen molar-refractivity contribution in [2.75, 3.05) is 46.4 Å². The van der Waals surface area contributed by atoms with Crippen LogP contribution < -0.4 is 15.4 Å². The molecule has 21 rings (SSSR count). The average molecular weight is 1860 g/mol. The molecular weight excluding hydrogens is 1780 g/mol. The minimum absolute atomic E-state index is 0.0414. The Hall–Kier alpha value is -11.5. The van der Waals surface area contributed by atoms with E-state index in [4.69, 9.17) is 95.4 Å². The Bertz CT molecular complexity index is 6830. The molecule has 7 N–H and O–H groups in total. The first-order chi connectivity index (χ1) is 61.8. The normalized spacial score (nSPS) is 16.9. The van der Waals surface area contributed by atoms with Gasteiger partial charge in [-0.1, -0.05) is 204 Å². The van der Waals surface area contributed by atoms with E-state index in [1.165, 1.54) is 46.2 Å². The molecule has 10 heterocycles. The van der Waals surface area contributed by atoms with Gasteiger partial charge in [0.1, 0.15) is 23.9 Å². The maximum atomic E-state index is 14.1. The number of aromatic amines is 5. The predicted molar refractivity (Wildman–Crippen MR) is 499 cm³/mol. The summed E-state index contributed by atoms with van der Waals surface area (Å²) >= 11 is 43.2. The Morgan fingerprint density at radius 3 is 1.19 bits per heavy atom. The summed E-state index contributed by atoms with van der Waals surface area (Å²) in [7, 11) is 1.26. The van der Waals surface area contributed by atoms with Gasteiger partial charge in [-0.05, 0) is 222 Å². The molecule has 0 saturated carbocycles. The summed E-state index contributed by atoms with van der Waals surface area (Å²) in [5.74, 6) is -0.784. The summed E-state index contributed by atoms with van der Waals surface area (Å²) in [4.78, 5) is 60.5. The van der Waals surface area contributed by atoms with Gasteiger partial charge >= 0.3 is 24.5 Å². The van der Waals surface area contributed by atoms with Crippen LogP contribution in [0.5, 0.6) is 5.75 Å². The number of nitrogens with zero attached hydrogens (tertiary/aromatic N) is 3. The van der Waals surface area contributed by atoms with Crippen molar-refractivity contribution in [1.82, 2.24) is 50.3 Å². The monoisotopic (exact) mass is 1860 g/mol. The van der Waals surface area contributed by atoms with Crippen LogP contribution in [0.4, 0.5) is 36.3 Å². The van der Waals surface area contributed by atoms with E-state index in [0.29, 0.717) is 92.8 Å². The van der Waals surface area contributed by atoms with E-state index in [1.807, 2.05) is 183 Å². The third kappa shape index (κ3) is 18.5. The quantitative estimate of drug-likeness (QED) is 0.0731. The van der Waals surface area contributed by atoms with Crippen LogP contribution in [-0.2, 0) is 47.8 Å². The van der Waals surface area contributed by atoms with Gasteiger partial charge in [-0.15, -0.1) is 0 Å². The smallest absolute Gasteiger partial charge is 0.416 e. The molecule has 5 unspecified atom stereocenters. The Morgan fingerprint density at radius 2 is 0.766 bits per heavy atom. The van der Waals surface area contributed by atoms with E-state index in [0.717, 1.165) is 160 Å². The lowest BCUT2D eigenvalue weighted by molar-refractivity contribution is -0.137. The molecule has 28 heteroatoms. The van der Waals surface area contributed by atoms with E-state index >= 15 is 0 Å². The van der Waals surface area contributed by atoms with Crippen LogP contribution in [0.3, 0.4) is 0 Å². The van der Waals surface area contributed by atoms with Crippen LogP contribution in [-0.4, -0.2) is 104 Å². The second-order valence-corrected chi connectivity index (χ2v) is 35.2. The first-order valence-electron chi connectivity index (χ1n) is 41.8. The van der Waals surface area contributed by atoms with E-state index in [9.17, 15) is 36.3 Å². The highest BCUT2D eigenvalue weighted by Crippen LogP contribution is 2.46. The SMILES string of the molecule is CC(C)COC(=O)N1CCc2c([nH]c3ccc(Cl)cc23)C1c1ccccc1.COC(=O)N1CCc2c([nH]c3ccc(Cl)cc23)C1c1cccc(C(F)(F)F)c1.Clc1ccc(C2NCCc3c2[nH]c2ccc(Cl)cc32)c(Cl)c1.Fc1cccc(C2NCCc3c2[nH]c2ccc(Cl)cc32)c1F.O=C(Oc1ccccc1)N1CCc2c([nH]c3ccc(Cl)cc23)C1c1ccccc1. The van der Waals surface area contributed by atoms with Gasteiger partial charge < -0.3 is 49.8 Å². The Labute approximate surface area is 768 Å². The molecule has 5 atom stereocenters. The van der Waals surface area contributed by atoms with Crippen molar-refractivity contribution in [3.05, 3.63) is 379 Å². The number of aromatic nitrogens is 5. The number of ether oxygens (including phenoxy) is 3. The van der Waals surface area contributed by atoms with Gasteiger partial charge in [0.25, 0.3) is 0 Å². The van der Waals surface area contributed by atoms with Crippen LogP contribution in [0, 0.1) is 17.6 Å². The third-order valence-corrected chi connectivity index (χ3v) is 25.5. The highest BCUT2D eigenvalue weighted by molar-refractivity contribution is 6.35. The number of nitrogens with one attached hydrogen (secondary N) is 7. The van der Waals surface area contributed by atoms with Gasteiger partial charge in [0.15, 0.2) is 11.6 Å². The number of halogens is 12. The highest BCUT2D eigenvalue weighted by Gasteiger charge is 2.41. The lowest BCUT2D eigenvalue weighted by Gasteiger charge is -2.35. The zero-order chi connectivity index (χ0) is 89.3. The fourth-order valence-electron chi connectivity index (χ4n) is 18.1. The summed E-state index contributed by atoms with van der Waals surface area (Å²) in [5, 5.41) is 16.9. The molecule has 0 radical (unpaired) electrons. The molecule has 128 heavy (non-hydrogen) atoms. The van der Waals surface area contributed by atoms with Crippen LogP contribution in [0.25, 0.3) is 54.5 Å². The lowest BCUT2D eigenvalue weighted by Crippen LogP contribution is -2.42. The van der Waals surface area contributed by atoms with Gasteiger partial charge in [-0.2, -0.15) is 13.2 Å². The van der Waals surface area contributed by atoms with Crippen molar-refractivity contribution in [1.29, 1.82) is 0 Å². The number of alkyl halides is 3. The second-order valence-electron chi connectivity index (χ2n) is 32.2. The molecule has 11 aromatic carbocycles. The molecule has 5 aromatic heterocycles. The molecule has 0 aliphatic carbocycles. The minimum Gasteiger partial charge on any atom is -0.453 e. The van der Waals surface area contributed by atoms with Crippen molar-refractivity contribution in [3.8, 4) is 5.75 Å². The van der Waals surface area contributed by atoms with E-state index in [2.05, 4.69) is 47.7 Å². The highest BCUT2D eigenvalue weighted by atomic mass is 35.5. The molecule has 16 nitrogen and oxygen atoms in total. The number of hydrogen-bond donors (Lipinski definition) is 7. The van der Waals surface area contributed by atoms with Crippen LogP contribution in [0.2, 0.25) is 35.2 Å². The average Bonchev–Trinajstić information content (AvgIpc) is 1.61. The predicted octanol–water partition coefficient (Wildman–Crippen LogP) is 26.8. The minimum atomic E-state index is -4.47. The Balaban J connectivity index is 0.000000113. The van der Waals surface area contributed by atoms with Crippen molar-refractivity contribution in [2.24, 2.45) is 5.92 Å². The number of carbonyl (C=O) groups excluding carboxylic acids is 3.